The number of hydrogen-bond donors (Lipinski definition) is 1. The van der Waals surface area contributed by atoms with E-state index in [-0.39, 0.29) is 0 Å². The average molecular weight is 129 g/mol. The van der Waals surface area contributed by atoms with Crippen LogP contribution in [0.2, 0.25) is 0 Å². The van der Waals surface area contributed by atoms with Gasteiger partial charge in [0.15, 0.2) is 0 Å². The average Bonchev–Trinajstić information content (AvgIpc) is 1.88. The Morgan fingerprint density at radius 2 is 2.33 bits per heavy atom. The Morgan fingerprint density at radius 3 is 2.78 bits per heavy atom. The molecule has 52 valence electrons. The first-order chi connectivity index (χ1) is 4.72. The summed E-state index contributed by atoms with van der Waals surface area (Å²) >= 11 is 0. The Morgan fingerprint density at radius 1 is 1.56 bits per heavy atom. The van der Waals surface area contributed by atoms with E-state index >= 15 is 0 Å². The maximum absolute atomic E-state index is 10.6. The van der Waals surface area contributed by atoms with Gasteiger partial charge < -0.3 is 10.6 Å². The number of piperidine rings is 1. The van der Waals surface area contributed by atoms with Gasteiger partial charge in [-0.3, -0.25) is 0 Å². The number of nitrogens with two attached hydrogens (primary N) is 1. The molecule has 2 N–H and O–H groups in total. The van der Waals surface area contributed by atoms with Gasteiger partial charge in [0.05, 0.1) is 0 Å². The van der Waals surface area contributed by atoms with E-state index in [9.17, 15) is 4.79 Å². The molecule has 1 atom stereocenters. The SMILES string of the molecule is [2H]C1CCCCN1C(N)=O. The van der Waals surface area contributed by atoms with Crippen molar-refractivity contribution >= 4 is 6.03 Å². The number of carbonyl (C=O) groups is 1. The minimum atomic E-state index is -0.459. The van der Waals surface area contributed by atoms with Gasteiger partial charge in [-0.1, -0.05) is 0 Å². The summed E-state index contributed by atoms with van der Waals surface area (Å²) in [7, 11) is 0. The molecule has 0 radical (unpaired) electrons. The number of urea groups is 1. The summed E-state index contributed by atoms with van der Waals surface area (Å²) in [5, 5.41) is 0. The molecule has 1 rings (SSSR count). The van der Waals surface area contributed by atoms with Gasteiger partial charge in [0, 0.05) is 14.4 Å². The molecule has 0 aromatic rings. The second-order valence-corrected chi connectivity index (χ2v) is 2.21. The van der Waals surface area contributed by atoms with Crippen LogP contribution in [0.4, 0.5) is 4.79 Å². The Labute approximate surface area is 56.2 Å². The molecule has 1 aliphatic heterocycles. The first-order valence-electron chi connectivity index (χ1n) is 3.78. The van der Waals surface area contributed by atoms with Crippen LogP contribution in [0.5, 0.6) is 0 Å². The summed E-state index contributed by atoms with van der Waals surface area (Å²) in [6.07, 6.45) is 2.79. The van der Waals surface area contributed by atoms with Gasteiger partial charge in [-0.05, 0) is 19.3 Å². The molecule has 3 heteroatoms. The molecule has 1 unspecified atom stereocenters. The lowest BCUT2D eigenvalue weighted by Gasteiger charge is -2.24. The molecule has 0 saturated carbocycles. The van der Waals surface area contributed by atoms with E-state index in [2.05, 4.69) is 0 Å². The third kappa shape index (κ3) is 1.59. The van der Waals surface area contributed by atoms with E-state index < -0.39 is 12.6 Å². The molecular formula is C6H12N2O. The third-order valence-corrected chi connectivity index (χ3v) is 1.49. The van der Waals surface area contributed by atoms with Gasteiger partial charge in [-0.15, -0.1) is 0 Å². The van der Waals surface area contributed by atoms with Crippen molar-refractivity contribution in [1.82, 2.24) is 4.90 Å². The van der Waals surface area contributed by atoms with Gasteiger partial charge in [0.2, 0.25) is 0 Å². The number of amides is 2. The molecule has 1 aliphatic rings. The lowest BCUT2D eigenvalue weighted by molar-refractivity contribution is 0.196. The fourth-order valence-electron chi connectivity index (χ4n) is 0.965. The van der Waals surface area contributed by atoms with E-state index in [1.807, 2.05) is 0 Å². The second-order valence-electron chi connectivity index (χ2n) is 2.21. The van der Waals surface area contributed by atoms with Crippen molar-refractivity contribution in [1.29, 1.82) is 0 Å². The van der Waals surface area contributed by atoms with Crippen molar-refractivity contribution in [3.63, 3.8) is 0 Å². The smallest absolute Gasteiger partial charge is 0.314 e. The molecule has 1 saturated heterocycles. The summed E-state index contributed by atoms with van der Waals surface area (Å²) in [6, 6.07) is -0.459. The number of rotatable bonds is 0. The summed E-state index contributed by atoms with van der Waals surface area (Å²) in [5.74, 6) is 0. The highest BCUT2D eigenvalue weighted by atomic mass is 16.2. The van der Waals surface area contributed by atoms with Crippen LogP contribution in [0.3, 0.4) is 0 Å². The molecule has 0 aromatic heterocycles. The molecule has 0 aliphatic carbocycles. The molecule has 1 heterocycles. The maximum Gasteiger partial charge on any atom is 0.314 e. The molecule has 3 nitrogen and oxygen atoms in total. The fraction of sp³-hybridized carbons (Fsp3) is 0.833. The van der Waals surface area contributed by atoms with Crippen LogP contribution in [0.15, 0.2) is 0 Å². The van der Waals surface area contributed by atoms with Crippen molar-refractivity contribution in [3.8, 4) is 0 Å². The highest BCUT2D eigenvalue weighted by molar-refractivity contribution is 5.71. The van der Waals surface area contributed by atoms with Gasteiger partial charge in [-0.2, -0.15) is 0 Å². The van der Waals surface area contributed by atoms with Crippen molar-refractivity contribution in [3.05, 3.63) is 0 Å². The lowest BCUT2D eigenvalue weighted by atomic mass is 10.1. The quantitative estimate of drug-likeness (QED) is 0.510. The van der Waals surface area contributed by atoms with Crippen LogP contribution in [0.1, 0.15) is 20.6 Å². The van der Waals surface area contributed by atoms with Crippen LogP contribution in [-0.4, -0.2) is 24.0 Å². The Bertz CT molecular complexity index is 140. The zero-order chi connectivity index (χ0) is 7.56. The minimum Gasteiger partial charge on any atom is -0.351 e. The number of primary amides is 1. The maximum atomic E-state index is 10.6. The molecular weight excluding hydrogens is 116 g/mol. The third-order valence-electron chi connectivity index (χ3n) is 1.49. The summed E-state index contributed by atoms with van der Waals surface area (Å²) < 4.78 is 7.38. The Hall–Kier alpha value is -0.730. The van der Waals surface area contributed by atoms with E-state index in [1.54, 1.807) is 0 Å². The molecule has 2 amide bonds. The van der Waals surface area contributed by atoms with Crippen LogP contribution >= 0.6 is 0 Å². The van der Waals surface area contributed by atoms with Gasteiger partial charge >= 0.3 is 6.03 Å². The molecule has 1 fully saturated rings. The Balaban J connectivity index is 2.47. The van der Waals surface area contributed by atoms with Crippen molar-refractivity contribution in [2.24, 2.45) is 5.73 Å². The lowest BCUT2D eigenvalue weighted by Crippen LogP contribution is -2.39. The summed E-state index contributed by atoms with van der Waals surface area (Å²) in [4.78, 5) is 12.0. The standard InChI is InChI=1S/C6H12N2O/c7-6(9)8-4-2-1-3-5-8/h1-5H2,(H2,7,9)/i4D. The number of carbonyl (C=O) groups excluding carboxylic acids is 1. The highest BCUT2D eigenvalue weighted by Crippen LogP contribution is 2.06. The van der Waals surface area contributed by atoms with E-state index in [0.717, 1.165) is 19.3 Å². The van der Waals surface area contributed by atoms with Gasteiger partial charge in [-0.25, -0.2) is 4.79 Å². The van der Waals surface area contributed by atoms with Crippen molar-refractivity contribution in [2.75, 3.05) is 13.1 Å². The van der Waals surface area contributed by atoms with Crippen molar-refractivity contribution in [2.45, 2.75) is 19.3 Å². The largest absolute Gasteiger partial charge is 0.351 e. The topological polar surface area (TPSA) is 46.3 Å². The second kappa shape index (κ2) is 2.71. The zero-order valence-corrected chi connectivity index (χ0v) is 5.34. The van der Waals surface area contributed by atoms with E-state index in [0.29, 0.717) is 6.54 Å². The predicted octanol–water partition coefficient (Wildman–Crippen LogP) is 0.551. The summed E-state index contributed by atoms with van der Waals surface area (Å²) in [6.45, 7) is 0.259. The van der Waals surface area contributed by atoms with E-state index in [4.69, 9.17) is 7.10 Å². The highest BCUT2D eigenvalue weighted by Gasteiger charge is 2.11. The fourth-order valence-corrected chi connectivity index (χ4v) is 0.965. The van der Waals surface area contributed by atoms with Crippen LogP contribution in [0.25, 0.3) is 0 Å². The van der Waals surface area contributed by atoms with Crippen LogP contribution < -0.4 is 5.73 Å². The Kier molecular flexibility index (Phi) is 1.53. The normalized spacial score (nSPS) is 29.6. The molecule has 0 bridgehead atoms. The number of nitrogens with zero attached hydrogens (tertiary/aromatic N) is 1. The zero-order valence-electron chi connectivity index (χ0n) is 6.34. The minimum absolute atomic E-state index is 0.397. The van der Waals surface area contributed by atoms with Crippen LogP contribution in [-0.2, 0) is 0 Å². The van der Waals surface area contributed by atoms with Crippen molar-refractivity contribution < 1.29 is 6.17 Å². The number of hydrogen-bond acceptors (Lipinski definition) is 1. The predicted molar refractivity (Wildman–Crippen MR) is 35.0 cm³/mol. The monoisotopic (exact) mass is 129 g/mol. The first kappa shape index (κ1) is 5.09. The van der Waals surface area contributed by atoms with Gasteiger partial charge in [0.1, 0.15) is 0 Å². The molecule has 0 aromatic carbocycles. The molecule has 0 spiro atoms. The first-order valence-corrected chi connectivity index (χ1v) is 3.20. The van der Waals surface area contributed by atoms with Crippen LogP contribution in [0, 0.1) is 0 Å². The molecule has 9 heavy (non-hydrogen) atoms. The van der Waals surface area contributed by atoms with Gasteiger partial charge in [0.25, 0.3) is 0 Å². The number of likely N-dealkylation sites (tertiary alicyclic amines) is 1. The summed E-state index contributed by atoms with van der Waals surface area (Å²) in [5.41, 5.74) is 5.02. The van der Waals surface area contributed by atoms with E-state index in [1.165, 1.54) is 4.90 Å².